The number of aliphatic hydroxyl groups excluding tert-OH is 1. The first-order valence-electron chi connectivity index (χ1n) is 7.22. The third-order valence-electron chi connectivity index (χ3n) is 3.78. The fraction of sp³-hybridized carbons (Fsp3) is 0.929. The lowest BCUT2D eigenvalue weighted by molar-refractivity contribution is -0.124. The van der Waals surface area contributed by atoms with E-state index < -0.39 is 5.54 Å². The van der Waals surface area contributed by atoms with Gasteiger partial charge < -0.3 is 16.2 Å². The van der Waals surface area contributed by atoms with Gasteiger partial charge in [-0.3, -0.25) is 4.79 Å². The van der Waals surface area contributed by atoms with E-state index in [4.69, 9.17) is 5.73 Å². The standard InChI is InChI=1S/C14H28N2O2S/c1-10(17)11(2)19-9-5-4-8-14(3,13(15)18)16-12-6-7-12/h10-12,16-17H,4-9H2,1-3H3,(H2,15,18). The van der Waals surface area contributed by atoms with Gasteiger partial charge in [-0.2, -0.15) is 11.8 Å². The zero-order valence-electron chi connectivity index (χ0n) is 12.3. The number of amides is 1. The second kappa shape index (κ2) is 7.50. The second-order valence-corrected chi connectivity index (χ2v) is 7.37. The molecule has 1 fully saturated rings. The van der Waals surface area contributed by atoms with Crippen LogP contribution in [-0.4, -0.2) is 39.7 Å². The molecule has 19 heavy (non-hydrogen) atoms. The van der Waals surface area contributed by atoms with Crippen molar-refractivity contribution in [1.82, 2.24) is 5.32 Å². The quantitative estimate of drug-likeness (QED) is 0.534. The zero-order chi connectivity index (χ0) is 14.5. The van der Waals surface area contributed by atoms with Crippen LogP contribution in [0.3, 0.4) is 0 Å². The number of aliphatic hydroxyl groups is 1. The summed E-state index contributed by atoms with van der Waals surface area (Å²) in [6.45, 7) is 5.78. The van der Waals surface area contributed by atoms with Crippen molar-refractivity contribution in [2.45, 2.75) is 75.8 Å². The number of nitrogens with two attached hydrogens (primary N) is 1. The van der Waals surface area contributed by atoms with Crippen molar-refractivity contribution in [2.75, 3.05) is 5.75 Å². The molecule has 3 unspecified atom stereocenters. The minimum absolute atomic E-state index is 0.246. The number of carbonyl (C=O) groups is 1. The van der Waals surface area contributed by atoms with Crippen molar-refractivity contribution >= 4 is 17.7 Å². The van der Waals surface area contributed by atoms with E-state index in [9.17, 15) is 9.90 Å². The Kier molecular flexibility index (Phi) is 6.63. The van der Waals surface area contributed by atoms with Crippen LogP contribution in [0.4, 0.5) is 0 Å². The molecule has 112 valence electrons. The molecular weight excluding hydrogens is 260 g/mol. The summed E-state index contributed by atoms with van der Waals surface area (Å²) in [7, 11) is 0. The van der Waals surface area contributed by atoms with Crippen LogP contribution >= 0.6 is 11.8 Å². The van der Waals surface area contributed by atoms with Gasteiger partial charge in [0.05, 0.1) is 11.6 Å². The van der Waals surface area contributed by atoms with Crippen molar-refractivity contribution < 1.29 is 9.90 Å². The largest absolute Gasteiger partial charge is 0.392 e. The van der Waals surface area contributed by atoms with Crippen LogP contribution in [0.25, 0.3) is 0 Å². The highest BCUT2D eigenvalue weighted by Crippen LogP contribution is 2.25. The molecular formula is C14H28N2O2S. The lowest BCUT2D eigenvalue weighted by Gasteiger charge is -2.27. The lowest BCUT2D eigenvalue weighted by Crippen LogP contribution is -2.53. The Labute approximate surface area is 120 Å². The SMILES string of the molecule is CC(O)C(C)SCCCCC(C)(NC1CC1)C(N)=O. The fourth-order valence-electron chi connectivity index (χ4n) is 1.93. The Morgan fingerprint density at radius 3 is 2.58 bits per heavy atom. The Morgan fingerprint density at radius 2 is 2.11 bits per heavy atom. The molecule has 1 saturated carbocycles. The number of hydrogen-bond donors (Lipinski definition) is 3. The minimum atomic E-state index is -0.554. The molecule has 0 aromatic heterocycles. The van der Waals surface area contributed by atoms with Crippen molar-refractivity contribution in [2.24, 2.45) is 5.73 Å². The third kappa shape index (κ3) is 6.15. The van der Waals surface area contributed by atoms with Crippen LogP contribution in [0.2, 0.25) is 0 Å². The van der Waals surface area contributed by atoms with E-state index in [0.717, 1.165) is 37.9 Å². The van der Waals surface area contributed by atoms with Gasteiger partial charge in [-0.15, -0.1) is 0 Å². The monoisotopic (exact) mass is 288 g/mol. The minimum Gasteiger partial charge on any atom is -0.392 e. The van der Waals surface area contributed by atoms with Crippen LogP contribution in [0, 0.1) is 0 Å². The Hall–Kier alpha value is -0.260. The molecule has 0 bridgehead atoms. The highest BCUT2D eigenvalue weighted by Gasteiger charge is 2.36. The molecule has 3 atom stereocenters. The van der Waals surface area contributed by atoms with E-state index >= 15 is 0 Å². The van der Waals surface area contributed by atoms with Gasteiger partial charge in [-0.25, -0.2) is 0 Å². The van der Waals surface area contributed by atoms with E-state index in [1.807, 2.05) is 20.8 Å². The topological polar surface area (TPSA) is 75.3 Å². The van der Waals surface area contributed by atoms with Gasteiger partial charge >= 0.3 is 0 Å². The Bertz CT molecular complexity index is 295. The summed E-state index contributed by atoms with van der Waals surface area (Å²) in [5.41, 5.74) is 4.96. The van der Waals surface area contributed by atoms with Crippen LogP contribution in [0.15, 0.2) is 0 Å². The normalized spacial score (nSPS) is 21.7. The van der Waals surface area contributed by atoms with Gasteiger partial charge in [-0.05, 0) is 45.3 Å². The van der Waals surface area contributed by atoms with Gasteiger partial charge in [0.2, 0.25) is 5.91 Å². The average molecular weight is 288 g/mol. The smallest absolute Gasteiger partial charge is 0.237 e. The van der Waals surface area contributed by atoms with E-state index in [2.05, 4.69) is 5.32 Å². The van der Waals surface area contributed by atoms with E-state index in [1.165, 1.54) is 0 Å². The molecule has 1 aliphatic carbocycles. The van der Waals surface area contributed by atoms with Crippen molar-refractivity contribution in [3.63, 3.8) is 0 Å². The number of nitrogens with one attached hydrogen (secondary N) is 1. The number of unbranched alkanes of at least 4 members (excludes halogenated alkanes) is 1. The molecule has 0 aliphatic heterocycles. The Morgan fingerprint density at radius 1 is 1.47 bits per heavy atom. The molecule has 0 radical (unpaired) electrons. The molecule has 4 N–H and O–H groups in total. The number of primary amides is 1. The first-order chi connectivity index (χ1) is 8.85. The van der Waals surface area contributed by atoms with Gasteiger partial charge in [0.15, 0.2) is 0 Å². The zero-order valence-corrected chi connectivity index (χ0v) is 13.1. The van der Waals surface area contributed by atoms with Crippen molar-refractivity contribution in [3.8, 4) is 0 Å². The first kappa shape index (κ1) is 16.8. The van der Waals surface area contributed by atoms with Gasteiger partial charge in [-0.1, -0.05) is 13.3 Å². The van der Waals surface area contributed by atoms with Crippen LogP contribution in [-0.2, 0) is 4.79 Å². The highest BCUT2D eigenvalue weighted by atomic mass is 32.2. The summed E-state index contributed by atoms with van der Waals surface area (Å²) < 4.78 is 0. The van der Waals surface area contributed by atoms with Crippen LogP contribution < -0.4 is 11.1 Å². The maximum absolute atomic E-state index is 11.6. The molecule has 0 heterocycles. The fourth-order valence-corrected chi connectivity index (χ4v) is 2.95. The number of hydrogen-bond acceptors (Lipinski definition) is 4. The van der Waals surface area contributed by atoms with E-state index in [-0.39, 0.29) is 17.3 Å². The molecule has 0 aromatic carbocycles. The number of thioether (sulfide) groups is 1. The summed E-state index contributed by atoms with van der Waals surface area (Å²) in [4.78, 5) is 11.6. The number of rotatable bonds is 10. The average Bonchev–Trinajstić information content (AvgIpc) is 3.11. The molecule has 0 saturated heterocycles. The predicted octanol–water partition coefficient (Wildman–Crippen LogP) is 1.66. The van der Waals surface area contributed by atoms with Crippen LogP contribution in [0.5, 0.6) is 0 Å². The van der Waals surface area contributed by atoms with Crippen molar-refractivity contribution in [3.05, 3.63) is 0 Å². The highest BCUT2D eigenvalue weighted by molar-refractivity contribution is 7.99. The molecule has 1 aliphatic rings. The van der Waals surface area contributed by atoms with Gasteiger partial charge in [0.1, 0.15) is 0 Å². The third-order valence-corrected chi connectivity index (χ3v) is 5.22. The lowest BCUT2D eigenvalue weighted by atomic mass is 9.94. The molecule has 5 heteroatoms. The maximum Gasteiger partial charge on any atom is 0.237 e. The molecule has 1 amide bonds. The van der Waals surface area contributed by atoms with E-state index in [0.29, 0.717) is 6.04 Å². The predicted molar refractivity (Wildman–Crippen MR) is 81.2 cm³/mol. The number of carbonyl (C=O) groups excluding carboxylic acids is 1. The molecule has 1 rings (SSSR count). The summed E-state index contributed by atoms with van der Waals surface area (Å²) >= 11 is 1.78. The maximum atomic E-state index is 11.6. The summed E-state index contributed by atoms with van der Waals surface area (Å²) in [5, 5.41) is 13.0. The second-order valence-electron chi connectivity index (χ2n) is 5.89. The Balaban J connectivity index is 2.19. The summed E-state index contributed by atoms with van der Waals surface area (Å²) in [6, 6.07) is 0.488. The van der Waals surface area contributed by atoms with Crippen molar-refractivity contribution in [1.29, 1.82) is 0 Å². The van der Waals surface area contributed by atoms with Crippen LogP contribution in [0.1, 0.15) is 52.9 Å². The first-order valence-corrected chi connectivity index (χ1v) is 8.27. The summed E-state index contributed by atoms with van der Waals surface area (Å²) in [5.74, 6) is 0.772. The van der Waals surface area contributed by atoms with E-state index in [1.54, 1.807) is 11.8 Å². The van der Waals surface area contributed by atoms with Gasteiger partial charge in [0, 0.05) is 11.3 Å². The molecule has 4 nitrogen and oxygen atoms in total. The van der Waals surface area contributed by atoms with Gasteiger partial charge in [0.25, 0.3) is 0 Å². The summed E-state index contributed by atoms with van der Waals surface area (Å²) in [6.07, 6.45) is 4.88. The molecule has 0 aromatic rings. The molecule has 0 spiro atoms.